The van der Waals surface area contributed by atoms with Gasteiger partial charge in [0, 0.05) is 13.1 Å². The molecule has 0 rings (SSSR count). The van der Waals surface area contributed by atoms with Crippen molar-refractivity contribution >= 4 is 6.09 Å². The molecule has 0 aromatic carbocycles. The standard InChI is InChI=1S/C24H49NO2/c1-6-9-11-13-15-17-19-21-25(23(26)27-24(4,5)8-3)22-20-18-16-14-12-10-7-2/h6-22H2,1-5H3. The third kappa shape index (κ3) is 16.0. The van der Waals surface area contributed by atoms with E-state index in [-0.39, 0.29) is 11.7 Å². The summed E-state index contributed by atoms with van der Waals surface area (Å²) in [5, 5.41) is 0. The summed E-state index contributed by atoms with van der Waals surface area (Å²) >= 11 is 0. The predicted octanol–water partition coefficient (Wildman–Crippen LogP) is 8.11. The first kappa shape index (κ1) is 26.3. The van der Waals surface area contributed by atoms with Crippen molar-refractivity contribution in [1.82, 2.24) is 4.90 Å². The van der Waals surface area contributed by atoms with Gasteiger partial charge in [0.2, 0.25) is 0 Å². The van der Waals surface area contributed by atoms with E-state index in [1.165, 1.54) is 77.0 Å². The van der Waals surface area contributed by atoms with E-state index in [1.807, 2.05) is 18.7 Å². The van der Waals surface area contributed by atoms with Crippen LogP contribution in [0.25, 0.3) is 0 Å². The van der Waals surface area contributed by atoms with Gasteiger partial charge in [-0.25, -0.2) is 4.79 Å². The van der Waals surface area contributed by atoms with Crippen molar-refractivity contribution in [3.05, 3.63) is 0 Å². The molecule has 0 aliphatic heterocycles. The molecule has 3 heteroatoms. The molecule has 0 N–H and O–H groups in total. The number of hydrogen-bond donors (Lipinski definition) is 0. The molecule has 0 aliphatic carbocycles. The van der Waals surface area contributed by atoms with Gasteiger partial charge in [-0.05, 0) is 33.1 Å². The van der Waals surface area contributed by atoms with Gasteiger partial charge in [-0.1, -0.05) is 97.8 Å². The van der Waals surface area contributed by atoms with Crippen LogP contribution < -0.4 is 0 Å². The van der Waals surface area contributed by atoms with Crippen LogP contribution in [0.3, 0.4) is 0 Å². The zero-order valence-electron chi connectivity index (χ0n) is 19.3. The van der Waals surface area contributed by atoms with Crippen LogP contribution in [0.15, 0.2) is 0 Å². The van der Waals surface area contributed by atoms with Crippen LogP contribution in [0.1, 0.15) is 131 Å². The number of carbonyl (C=O) groups excluding carboxylic acids is 1. The Hall–Kier alpha value is -0.730. The first-order valence-corrected chi connectivity index (χ1v) is 11.9. The highest BCUT2D eigenvalue weighted by Gasteiger charge is 2.24. The van der Waals surface area contributed by atoms with Gasteiger partial charge in [-0.2, -0.15) is 0 Å². The lowest BCUT2D eigenvalue weighted by atomic mass is 10.1. The molecule has 0 fully saturated rings. The monoisotopic (exact) mass is 383 g/mol. The van der Waals surface area contributed by atoms with Crippen molar-refractivity contribution < 1.29 is 9.53 Å². The third-order valence-electron chi connectivity index (χ3n) is 5.54. The van der Waals surface area contributed by atoms with Gasteiger partial charge in [-0.15, -0.1) is 0 Å². The van der Waals surface area contributed by atoms with Gasteiger partial charge in [0.15, 0.2) is 0 Å². The fourth-order valence-electron chi connectivity index (χ4n) is 3.19. The summed E-state index contributed by atoms with van der Waals surface area (Å²) in [5.41, 5.74) is -0.365. The Labute approximate surface area is 170 Å². The Bertz CT molecular complexity index is 323. The summed E-state index contributed by atoms with van der Waals surface area (Å²) in [7, 11) is 0. The predicted molar refractivity (Wildman–Crippen MR) is 118 cm³/mol. The summed E-state index contributed by atoms with van der Waals surface area (Å²) < 4.78 is 5.76. The Morgan fingerprint density at radius 2 is 1.04 bits per heavy atom. The molecular weight excluding hydrogens is 334 g/mol. The SMILES string of the molecule is CCCCCCCCCN(CCCCCCCCC)C(=O)OC(C)(C)CC. The maximum absolute atomic E-state index is 12.6. The zero-order chi connectivity index (χ0) is 20.4. The lowest BCUT2D eigenvalue weighted by Gasteiger charge is -2.29. The Morgan fingerprint density at radius 1 is 0.667 bits per heavy atom. The molecule has 0 bridgehead atoms. The second kappa shape index (κ2) is 17.4. The number of carbonyl (C=O) groups is 1. The van der Waals surface area contributed by atoms with Crippen molar-refractivity contribution in [3.63, 3.8) is 0 Å². The van der Waals surface area contributed by atoms with E-state index in [1.54, 1.807) is 0 Å². The van der Waals surface area contributed by atoms with E-state index in [4.69, 9.17) is 4.74 Å². The Kier molecular flexibility index (Phi) is 16.9. The van der Waals surface area contributed by atoms with Crippen molar-refractivity contribution in [2.75, 3.05) is 13.1 Å². The molecule has 3 nitrogen and oxygen atoms in total. The summed E-state index contributed by atoms with van der Waals surface area (Å²) in [6, 6.07) is 0. The van der Waals surface area contributed by atoms with Crippen LogP contribution >= 0.6 is 0 Å². The zero-order valence-corrected chi connectivity index (χ0v) is 19.3. The maximum Gasteiger partial charge on any atom is 0.410 e. The van der Waals surface area contributed by atoms with Gasteiger partial charge in [0.1, 0.15) is 5.60 Å². The average Bonchev–Trinajstić information content (AvgIpc) is 2.64. The normalized spacial score (nSPS) is 11.6. The van der Waals surface area contributed by atoms with E-state index in [0.29, 0.717) is 0 Å². The molecule has 0 aromatic heterocycles. The van der Waals surface area contributed by atoms with Crippen molar-refractivity contribution in [3.8, 4) is 0 Å². The smallest absolute Gasteiger partial charge is 0.410 e. The highest BCUT2D eigenvalue weighted by molar-refractivity contribution is 5.68. The number of unbranched alkanes of at least 4 members (excludes halogenated alkanes) is 12. The van der Waals surface area contributed by atoms with Gasteiger partial charge in [0.05, 0.1) is 0 Å². The highest BCUT2D eigenvalue weighted by atomic mass is 16.6. The topological polar surface area (TPSA) is 29.5 Å². The summed E-state index contributed by atoms with van der Waals surface area (Å²) in [6.45, 7) is 12.3. The fraction of sp³-hybridized carbons (Fsp3) is 0.958. The first-order chi connectivity index (χ1) is 13.0. The molecule has 0 saturated carbocycles. The molecule has 0 saturated heterocycles. The summed E-state index contributed by atoms with van der Waals surface area (Å²) in [4.78, 5) is 14.6. The number of rotatable bonds is 18. The largest absolute Gasteiger partial charge is 0.443 e. The van der Waals surface area contributed by atoms with Crippen molar-refractivity contribution in [1.29, 1.82) is 0 Å². The van der Waals surface area contributed by atoms with E-state index >= 15 is 0 Å². The first-order valence-electron chi connectivity index (χ1n) is 11.9. The van der Waals surface area contributed by atoms with Crippen LogP contribution in [0.4, 0.5) is 4.79 Å². The molecule has 27 heavy (non-hydrogen) atoms. The van der Waals surface area contributed by atoms with Gasteiger partial charge >= 0.3 is 6.09 Å². The molecular formula is C24H49NO2. The minimum atomic E-state index is -0.365. The molecule has 0 spiro atoms. The minimum Gasteiger partial charge on any atom is -0.443 e. The fourth-order valence-corrected chi connectivity index (χ4v) is 3.19. The van der Waals surface area contributed by atoms with Gasteiger partial charge < -0.3 is 9.64 Å². The third-order valence-corrected chi connectivity index (χ3v) is 5.54. The van der Waals surface area contributed by atoms with Crippen LogP contribution in [0.2, 0.25) is 0 Å². The van der Waals surface area contributed by atoms with Crippen molar-refractivity contribution in [2.45, 2.75) is 137 Å². The van der Waals surface area contributed by atoms with Crippen LogP contribution in [-0.2, 0) is 4.74 Å². The van der Waals surface area contributed by atoms with Crippen LogP contribution in [0.5, 0.6) is 0 Å². The number of amides is 1. The highest BCUT2D eigenvalue weighted by Crippen LogP contribution is 2.17. The van der Waals surface area contributed by atoms with Crippen LogP contribution in [0, 0.1) is 0 Å². The van der Waals surface area contributed by atoms with E-state index in [2.05, 4.69) is 20.8 Å². The average molecular weight is 384 g/mol. The second-order valence-corrected chi connectivity index (χ2v) is 8.71. The summed E-state index contributed by atoms with van der Waals surface area (Å²) in [5.74, 6) is 0. The molecule has 1 amide bonds. The molecule has 0 heterocycles. The van der Waals surface area contributed by atoms with E-state index < -0.39 is 0 Å². The van der Waals surface area contributed by atoms with Crippen LogP contribution in [-0.4, -0.2) is 29.7 Å². The lowest BCUT2D eigenvalue weighted by Crippen LogP contribution is -2.39. The minimum absolute atomic E-state index is 0.112. The lowest BCUT2D eigenvalue weighted by molar-refractivity contribution is 0.0108. The van der Waals surface area contributed by atoms with E-state index in [0.717, 1.165) is 32.4 Å². The molecule has 0 atom stereocenters. The Balaban J connectivity index is 4.19. The Morgan fingerprint density at radius 3 is 1.41 bits per heavy atom. The quantitative estimate of drug-likeness (QED) is 0.224. The van der Waals surface area contributed by atoms with Gasteiger partial charge in [-0.3, -0.25) is 0 Å². The number of ether oxygens (including phenoxy) is 1. The molecule has 0 aliphatic rings. The molecule has 0 radical (unpaired) electrons. The van der Waals surface area contributed by atoms with Crippen molar-refractivity contribution in [2.24, 2.45) is 0 Å². The molecule has 0 aromatic rings. The number of nitrogens with zero attached hydrogens (tertiary/aromatic N) is 1. The maximum atomic E-state index is 12.6. The molecule has 0 unspecified atom stereocenters. The second-order valence-electron chi connectivity index (χ2n) is 8.71. The van der Waals surface area contributed by atoms with Gasteiger partial charge in [0.25, 0.3) is 0 Å². The van der Waals surface area contributed by atoms with E-state index in [9.17, 15) is 4.79 Å². The number of hydrogen-bond acceptors (Lipinski definition) is 2. The molecule has 162 valence electrons. The summed E-state index contributed by atoms with van der Waals surface area (Å²) in [6.07, 6.45) is 18.6.